The van der Waals surface area contributed by atoms with E-state index in [0.29, 0.717) is 15.6 Å². The van der Waals surface area contributed by atoms with Gasteiger partial charge in [0, 0.05) is 11.2 Å². The third-order valence-electron chi connectivity index (χ3n) is 1.47. The number of nitrogens with one attached hydrogen (secondary N) is 1. The van der Waals surface area contributed by atoms with Crippen molar-refractivity contribution in [3.05, 3.63) is 33.8 Å². The highest BCUT2D eigenvalue weighted by Gasteiger charge is 2.09. The highest BCUT2D eigenvalue weighted by molar-refractivity contribution is 6.36. The minimum atomic E-state index is -0.357. The minimum Gasteiger partial charge on any atom is -0.267 e. The fourth-order valence-electron chi connectivity index (χ4n) is 0.857. The van der Waals surface area contributed by atoms with E-state index in [4.69, 9.17) is 23.2 Å². The molecule has 1 N–H and O–H groups in total. The van der Waals surface area contributed by atoms with Crippen molar-refractivity contribution in [2.75, 3.05) is 0 Å². The van der Waals surface area contributed by atoms with Gasteiger partial charge in [-0.2, -0.15) is 5.10 Å². The lowest BCUT2D eigenvalue weighted by Gasteiger charge is -2.02. The molecule has 0 saturated heterocycles. The van der Waals surface area contributed by atoms with Gasteiger partial charge in [-0.05, 0) is 25.1 Å². The summed E-state index contributed by atoms with van der Waals surface area (Å²) in [5.41, 5.74) is 2.66. The van der Waals surface area contributed by atoms with E-state index in [9.17, 15) is 4.79 Å². The number of nitrogens with zero attached hydrogens (tertiary/aromatic N) is 1. The lowest BCUT2D eigenvalue weighted by atomic mass is 10.2. The molecular weight excluding hydrogens is 223 g/mol. The summed E-state index contributed by atoms with van der Waals surface area (Å²) in [4.78, 5) is 11.4. The van der Waals surface area contributed by atoms with Crippen LogP contribution in [0.4, 0.5) is 0 Å². The van der Waals surface area contributed by atoms with Crippen LogP contribution in [0.3, 0.4) is 0 Å². The molecule has 0 heterocycles. The van der Waals surface area contributed by atoms with Crippen molar-refractivity contribution >= 4 is 35.3 Å². The number of hydrogen-bond acceptors (Lipinski definition) is 2. The van der Waals surface area contributed by atoms with Crippen molar-refractivity contribution in [1.82, 2.24) is 5.43 Å². The molecule has 0 unspecified atom stereocenters. The van der Waals surface area contributed by atoms with Gasteiger partial charge in [-0.25, -0.2) is 5.43 Å². The minimum absolute atomic E-state index is 0.307. The maximum atomic E-state index is 11.4. The average Bonchev–Trinajstić information content (AvgIpc) is 2.14. The molecule has 0 aromatic heterocycles. The summed E-state index contributed by atoms with van der Waals surface area (Å²) in [5, 5.41) is 4.39. The molecule has 0 aliphatic heterocycles. The number of carbonyl (C=O) groups excluding carboxylic acids is 1. The van der Waals surface area contributed by atoms with Gasteiger partial charge in [0.15, 0.2) is 0 Å². The number of hydrazone groups is 1. The van der Waals surface area contributed by atoms with Crippen molar-refractivity contribution < 1.29 is 4.79 Å². The van der Waals surface area contributed by atoms with Gasteiger partial charge in [0.2, 0.25) is 0 Å². The molecule has 0 bridgehead atoms. The van der Waals surface area contributed by atoms with Crippen LogP contribution in [0.5, 0.6) is 0 Å². The van der Waals surface area contributed by atoms with Crippen molar-refractivity contribution in [3.8, 4) is 0 Å². The Morgan fingerprint density at radius 3 is 2.79 bits per heavy atom. The van der Waals surface area contributed by atoms with Crippen molar-refractivity contribution in [1.29, 1.82) is 0 Å². The highest BCUT2D eigenvalue weighted by atomic mass is 35.5. The second kappa shape index (κ2) is 4.98. The maximum Gasteiger partial charge on any atom is 0.272 e. The normalized spacial score (nSPS) is 10.5. The molecule has 0 radical (unpaired) electrons. The SMILES string of the molecule is CC=NNC(=O)c1ccc(Cl)cc1Cl. The molecule has 5 heteroatoms. The van der Waals surface area contributed by atoms with Crippen LogP contribution in [0.2, 0.25) is 10.0 Å². The smallest absolute Gasteiger partial charge is 0.267 e. The number of halogens is 2. The van der Waals surface area contributed by atoms with Gasteiger partial charge in [0.1, 0.15) is 0 Å². The highest BCUT2D eigenvalue weighted by Crippen LogP contribution is 2.20. The van der Waals surface area contributed by atoms with Gasteiger partial charge in [0.05, 0.1) is 10.6 Å². The van der Waals surface area contributed by atoms with E-state index in [1.807, 2.05) is 0 Å². The predicted molar refractivity (Wildman–Crippen MR) is 58.1 cm³/mol. The second-order valence-electron chi connectivity index (χ2n) is 2.45. The van der Waals surface area contributed by atoms with Crippen molar-refractivity contribution in [3.63, 3.8) is 0 Å². The summed E-state index contributed by atoms with van der Waals surface area (Å²) in [7, 11) is 0. The van der Waals surface area contributed by atoms with Crippen LogP contribution >= 0.6 is 23.2 Å². The number of hydrogen-bond donors (Lipinski definition) is 1. The molecule has 74 valence electrons. The van der Waals surface area contributed by atoms with Gasteiger partial charge >= 0.3 is 0 Å². The van der Waals surface area contributed by atoms with Crippen molar-refractivity contribution in [2.24, 2.45) is 5.10 Å². The third-order valence-corrected chi connectivity index (χ3v) is 2.02. The summed E-state index contributed by atoms with van der Waals surface area (Å²) in [6.45, 7) is 1.70. The zero-order chi connectivity index (χ0) is 10.6. The molecule has 1 amide bonds. The molecule has 1 aromatic rings. The number of rotatable bonds is 2. The summed E-state index contributed by atoms with van der Waals surface area (Å²) < 4.78 is 0. The fourth-order valence-corrected chi connectivity index (χ4v) is 1.35. The molecule has 0 aliphatic carbocycles. The molecule has 0 spiro atoms. The summed E-state index contributed by atoms with van der Waals surface area (Å²) in [6.07, 6.45) is 1.47. The number of amides is 1. The second-order valence-corrected chi connectivity index (χ2v) is 3.30. The van der Waals surface area contributed by atoms with E-state index >= 15 is 0 Å². The van der Waals surface area contributed by atoms with Crippen LogP contribution in [-0.2, 0) is 0 Å². The van der Waals surface area contributed by atoms with Gasteiger partial charge in [-0.15, -0.1) is 0 Å². The molecule has 0 aliphatic rings. The standard InChI is InChI=1S/C9H8Cl2N2O/c1-2-12-13-9(14)7-4-3-6(10)5-8(7)11/h2-5H,1H3,(H,13,14). The Morgan fingerprint density at radius 2 is 2.21 bits per heavy atom. The molecule has 0 fully saturated rings. The number of carbonyl (C=O) groups is 1. The lowest BCUT2D eigenvalue weighted by Crippen LogP contribution is -2.17. The van der Waals surface area contributed by atoms with Crippen LogP contribution in [-0.4, -0.2) is 12.1 Å². The van der Waals surface area contributed by atoms with E-state index in [1.165, 1.54) is 12.3 Å². The maximum absolute atomic E-state index is 11.4. The van der Waals surface area contributed by atoms with Gasteiger partial charge in [-0.1, -0.05) is 23.2 Å². The molecule has 0 atom stereocenters. The fraction of sp³-hybridized carbons (Fsp3) is 0.111. The van der Waals surface area contributed by atoms with E-state index in [1.54, 1.807) is 19.1 Å². The Labute approximate surface area is 91.7 Å². The molecular formula is C9H8Cl2N2O. The monoisotopic (exact) mass is 230 g/mol. The molecule has 1 aromatic carbocycles. The van der Waals surface area contributed by atoms with E-state index < -0.39 is 0 Å². The Hall–Kier alpha value is -1.06. The van der Waals surface area contributed by atoms with Crippen LogP contribution < -0.4 is 5.43 Å². The Morgan fingerprint density at radius 1 is 1.50 bits per heavy atom. The zero-order valence-corrected chi connectivity index (χ0v) is 8.93. The van der Waals surface area contributed by atoms with Gasteiger partial charge in [-0.3, -0.25) is 4.79 Å². The average molecular weight is 231 g/mol. The van der Waals surface area contributed by atoms with Crippen LogP contribution in [0.15, 0.2) is 23.3 Å². The predicted octanol–water partition coefficient (Wildman–Crippen LogP) is 2.73. The first-order valence-corrected chi connectivity index (χ1v) is 4.64. The van der Waals surface area contributed by atoms with Crippen LogP contribution in [0.25, 0.3) is 0 Å². The summed E-state index contributed by atoms with van der Waals surface area (Å²) in [5.74, 6) is -0.357. The first-order chi connectivity index (χ1) is 6.65. The molecule has 14 heavy (non-hydrogen) atoms. The third kappa shape index (κ3) is 2.72. The van der Waals surface area contributed by atoms with E-state index in [-0.39, 0.29) is 5.91 Å². The first-order valence-electron chi connectivity index (χ1n) is 3.88. The van der Waals surface area contributed by atoms with E-state index in [0.717, 1.165) is 0 Å². The van der Waals surface area contributed by atoms with Crippen molar-refractivity contribution in [2.45, 2.75) is 6.92 Å². The molecule has 3 nitrogen and oxygen atoms in total. The Balaban J connectivity index is 2.90. The first kappa shape index (κ1) is 11.0. The van der Waals surface area contributed by atoms with Crippen LogP contribution in [0.1, 0.15) is 17.3 Å². The van der Waals surface area contributed by atoms with Gasteiger partial charge < -0.3 is 0 Å². The van der Waals surface area contributed by atoms with E-state index in [2.05, 4.69) is 10.5 Å². The quantitative estimate of drug-likeness (QED) is 0.617. The van der Waals surface area contributed by atoms with Crippen LogP contribution in [0, 0.1) is 0 Å². The Kier molecular flexibility index (Phi) is 3.92. The lowest BCUT2D eigenvalue weighted by molar-refractivity contribution is 0.0955. The zero-order valence-electron chi connectivity index (χ0n) is 7.42. The topological polar surface area (TPSA) is 41.5 Å². The molecule has 0 saturated carbocycles. The summed E-state index contributed by atoms with van der Waals surface area (Å²) in [6, 6.07) is 4.65. The summed E-state index contributed by atoms with van der Waals surface area (Å²) >= 11 is 11.5. The van der Waals surface area contributed by atoms with Gasteiger partial charge in [0.25, 0.3) is 5.91 Å². The number of benzene rings is 1. The largest absolute Gasteiger partial charge is 0.272 e. The Bertz CT molecular complexity index is 377. The molecule has 1 rings (SSSR count).